The predicted molar refractivity (Wildman–Crippen MR) is 167 cm³/mol. The van der Waals surface area contributed by atoms with Crippen LogP contribution in [0, 0.1) is 18.8 Å². The molecule has 1 atom stereocenters. The number of carbonyl (C=O) groups excluding carboxylic acids is 1. The molecule has 1 saturated carbocycles. The molecule has 1 unspecified atom stereocenters. The summed E-state index contributed by atoms with van der Waals surface area (Å²) in [7, 11) is 0. The Bertz CT molecular complexity index is 1610. The van der Waals surface area contributed by atoms with E-state index in [-0.39, 0.29) is 11.8 Å². The number of hydrogen-bond donors (Lipinski definition) is 2. The summed E-state index contributed by atoms with van der Waals surface area (Å²) in [6.45, 7) is 13.4. The Labute approximate surface area is 242 Å². The second-order valence-electron chi connectivity index (χ2n) is 11.4. The first-order valence-electron chi connectivity index (χ1n) is 14.4. The minimum absolute atomic E-state index is 0.119. The van der Waals surface area contributed by atoms with Gasteiger partial charge in [-0.1, -0.05) is 68.6 Å². The third-order valence-corrected chi connectivity index (χ3v) is 7.70. The molecule has 1 fully saturated rings. The SMILES string of the molecule is C=C(Cc1ccc2c(N)nccc2c1)NC(=O)C(=CC(C)CCc1ccc(Cn2cc(C)cn2)cc1)C(=C)C1CC1. The van der Waals surface area contributed by atoms with Crippen molar-refractivity contribution in [1.82, 2.24) is 20.1 Å². The number of aromatic nitrogens is 3. The van der Waals surface area contributed by atoms with Crippen molar-refractivity contribution < 1.29 is 4.79 Å². The van der Waals surface area contributed by atoms with Crippen LogP contribution >= 0.6 is 0 Å². The first-order valence-corrected chi connectivity index (χ1v) is 14.4. The van der Waals surface area contributed by atoms with E-state index in [0.29, 0.717) is 29.4 Å². The summed E-state index contributed by atoms with van der Waals surface area (Å²) in [5.41, 5.74) is 13.0. The zero-order valence-corrected chi connectivity index (χ0v) is 24.1. The van der Waals surface area contributed by atoms with Crippen molar-refractivity contribution in [1.29, 1.82) is 0 Å². The van der Waals surface area contributed by atoms with Gasteiger partial charge < -0.3 is 11.1 Å². The third-order valence-electron chi connectivity index (χ3n) is 7.70. The highest BCUT2D eigenvalue weighted by molar-refractivity contribution is 5.99. The van der Waals surface area contributed by atoms with Gasteiger partial charge in [-0.2, -0.15) is 5.10 Å². The highest BCUT2D eigenvalue weighted by atomic mass is 16.1. The Morgan fingerprint density at radius 1 is 1.12 bits per heavy atom. The van der Waals surface area contributed by atoms with Crippen molar-refractivity contribution in [3.63, 3.8) is 0 Å². The van der Waals surface area contributed by atoms with Crippen molar-refractivity contribution in [2.45, 2.75) is 52.5 Å². The van der Waals surface area contributed by atoms with Crippen LogP contribution in [0.25, 0.3) is 10.8 Å². The van der Waals surface area contributed by atoms with Gasteiger partial charge in [0, 0.05) is 35.5 Å². The Hall–Kier alpha value is -4.45. The number of allylic oxidation sites excluding steroid dienone is 2. The van der Waals surface area contributed by atoms with Gasteiger partial charge in [-0.25, -0.2) is 4.98 Å². The fourth-order valence-corrected chi connectivity index (χ4v) is 5.17. The molecule has 6 heteroatoms. The summed E-state index contributed by atoms with van der Waals surface area (Å²) in [5, 5.41) is 9.37. The quantitative estimate of drug-likeness (QED) is 0.153. The predicted octanol–water partition coefficient (Wildman–Crippen LogP) is 6.70. The number of amides is 1. The Morgan fingerprint density at radius 3 is 2.56 bits per heavy atom. The normalized spacial score (nSPS) is 14.1. The van der Waals surface area contributed by atoms with Gasteiger partial charge >= 0.3 is 0 Å². The van der Waals surface area contributed by atoms with Crippen LogP contribution in [0.15, 0.2) is 103 Å². The van der Waals surface area contributed by atoms with E-state index < -0.39 is 0 Å². The summed E-state index contributed by atoms with van der Waals surface area (Å²) < 4.78 is 1.96. The van der Waals surface area contributed by atoms with Crippen molar-refractivity contribution in [3.05, 3.63) is 125 Å². The number of carbonyl (C=O) groups is 1. The van der Waals surface area contributed by atoms with E-state index in [2.05, 4.69) is 85.0 Å². The number of nitrogens with two attached hydrogens (primary N) is 1. The average Bonchev–Trinajstić information content (AvgIpc) is 3.72. The molecule has 0 spiro atoms. The first-order chi connectivity index (χ1) is 19.7. The molecular formula is C35H39N5O. The summed E-state index contributed by atoms with van der Waals surface area (Å²) in [4.78, 5) is 17.6. The standard InChI is InChI=1S/C35H39N5O/c1-23(5-6-27-7-9-28(10-8-27)22-40-21-24(2)20-38-40)17-33(26(4)30-12-13-30)35(41)39-25(3)18-29-11-14-32-31(19-29)15-16-37-34(32)36/h7-11,14-17,19-21,23,30H,3-6,12-13,18,22H2,1-2H3,(H2,36,37)(H,39,41). The smallest absolute Gasteiger partial charge is 0.255 e. The number of benzene rings is 2. The van der Waals surface area contributed by atoms with Gasteiger partial charge in [-0.3, -0.25) is 9.48 Å². The number of aryl methyl sites for hydroxylation is 2. The molecule has 1 amide bonds. The average molecular weight is 546 g/mol. The molecule has 6 nitrogen and oxygen atoms in total. The van der Waals surface area contributed by atoms with Gasteiger partial charge in [0.25, 0.3) is 5.91 Å². The molecule has 0 saturated heterocycles. The van der Waals surface area contributed by atoms with Crippen LogP contribution in [0.1, 0.15) is 48.4 Å². The summed E-state index contributed by atoms with van der Waals surface area (Å²) in [6.07, 6.45) is 12.4. The van der Waals surface area contributed by atoms with Crippen LogP contribution in [0.3, 0.4) is 0 Å². The molecule has 4 aromatic rings. The molecule has 1 aliphatic carbocycles. The zero-order chi connectivity index (χ0) is 28.9. The number of anilines is 1. The van der Waals surface area contributed by atoms with E-state index in [0.717, 1.165) is 54.1 Å². The van der Waals surface area contributed by atoms with E-state index >= 15 is 0 Å². The lowest BCUT2D eigenvalue weighted by Crippen LogP contribution is -2.26. The summed E-state index contributed by atoms with van der Waals surface area (Å²) in [6, 6.07) is 16.7. The topological polar surface area (TPSA) is 85.8 Å². The number of hydrogen-bond acceptors (Lipinski definition) is 4. The number of nitrogens with zero attached hydrogens (tertiary/aromatic N) is 3. The molecule has 0 radical (unpaired) electrons. The van der Waals surface area contributed by atoms with E-state index in [1.165, 1.54) is 16.7 Å². The van der Waals surface area contributed by atoms with Crippen molar-refractivity contribution >= 4 is 22.5 Å². The monoisotopic (exact) mass is 545 g/mol. The maximum atomic E-state index is 13.4. The van der Waals surface area contributed by atoms with E-state index in [1.807, 2.05) is 29.1 Å². The minimum atomic E-state index is -0.119. The maximum absolute atomic E-state index is 13.4. The Balaban J connectivity index is 1.19. The minimum Gasteiger partial charge on any atom is -0.383 e. The first kappa shape index (κ1) is 28.1. The fraction of sp³-hybridized carbons (Fsp3) is 0.286. The zero-order valence-electron chi connectivity index (χ0n) is 24.1. The van der Waals surface area contributed by atoms with Gasteiger partial charge in [0.1, 0.15) is 5.82 Å². The van der Waals surface area contributed by atoms with Gasteiger partial charge in [0.15, 0.2) is 0 Å². The molecule has 3 N–H and O–H groups in total. The Morgan fingerprint density at radius 2 is 1.85 bits per heavy atom. The van der Waals surface area contributed by atoms with Crippen LogP contribution in [-0.4, -0.2) is 20.7 Å². The molecule has 5 rings (SSSR count). The largest absolute Gasteiger partial charge is 0.383 e. The number of nitrogen functional groups attached to an aromatic ring is 1. The molecule has 2 aromatic heterocycles. The van der Waals surface area contributed by atoms with Crippen LogP contribution in [0.2, 0.25) is 0 Å². The van der Waals surface area contributed by atoms with Crippen LogP contribution in [0.4, 0.5) is 5.82 Å². The molecule has 0 bridgehead atoms. The van der Waals surface area contributed by atoms with Gasteiger partial charge in [0.05, 0.1) is 12.7 Å². The summed E-state index contributed by atoms with van der Waals surface area (Å²) in [5.74, 6) is 1.02. The lowest BCUT2D eigenvalue weighted by Gasteiger charge is -2.16. The highest BCUT2D eigenvalue weighted by Crippen LogP contribution is 2.39. The number of nitrogens with one attached hydrogen (secondary N) is 1. The molecule has 2 heterocycles. The molecular weight excluding hydrogens is 506 g/mol. The second kappa shape index (κ2) is 12.4. The second-order valence-corrected chi connectivity index (χ2v) is 11.4. The van der Waals surface area contributed by atoms with Gasteiger partial charge in [-0.05, 0) is 83.7 Å². The van der Waals surface area contributed by atoms with Crippen molar-refractivity contribution in [2.24, 2.45) is 11.8 Å². The molecule has 1 aliphatic rings. The summed E-state index contributed by atoms with van der Waals surface area (Å²) >= 11 is 0. The van der Waals surface area contributed by atoms with Gasteiger partial charge in [-0.15, -0.1) is 0 Å². The van der Waals surface area contributed by atoms with Crippen LogP contribution in [-0.2, 0) is 24.2 Å². The van der Waals surface area contributed by atoms with Crippen LogP contribution < -0.4 is 11.1 Å². The maximum Gasteiger partial charge on any atom is 0.255 e. The number of rotatable bonds is 12. The number of fused-ring (bicyclic) bond motifs is 1. The van der Waals surface area contributed by atoms with Crippen LogP contribution in [0.5, 0.6) is 0 Å². The molecule has 0 aliphatic heterocycles. The van der Waals surface area contributed by atoms with Crippen molar-refractivity contribution in [2.75, 3.05) is 5.73 Å². The molecule has 2 aromatic carbocycles. The van der Waals surface area contributed by atoms with Gasteiger partial charge in [0.2, 0.25) is 0 Å². The third kappa shape index (κ3) is 7.40. The lowest BCUT2D eigenvalue weighted by molar-refractivity contribution is -0.116. The lowest BCUT2D eigenvalue weighted by atomic mass is 9.94. The van der Waals surface area contributed by atoms with E-state index in [4.69, 9.17) is 5.73 Å². The van der Waals surface area contributed by atoms with E-state index in [1.54, 1.807) is 6.20 Å². The molecule has 210 valence electrons. The Kier molecular flexibility index (Phi) is 8.48. The van der Waals surface area contributed by atoms with E-state index in [9.17, 15) is 4.79 Å². The fourth-order valence-electron chi connectivity index (χ4n) is 5.17. The number of pyridine rings is 1. The van der Waals surface area contributed by atoms with Crippen molar-refractivity contribution in [3.8, 4) is 0 Å². The highest BCUT2D eigenvalue weighted by Gasteiger charge is 2.29. The molecule has 41 heavy (non-hydrogen) atoms.